The third-order valence-electron chi connectivity index (χ3n) is 4.07. The average Bonchev–Trinajstić information content (AvgIpc) is 3.06. The van der Waals surface area contributed by atoms with Crippen molar-refractivity contribution < 1.29 is 9.59 Å². The summed E-state index contributed by atoms with van der Waals surface area (Å²) in [5, 5.41) is 7.67. The Hall–Kier alpha value is -3.06. The molecule has 0 aliphatic carbocycles. The number of anilines is 1. The molecule has 6 nitrogen and oxygen atoms in total. The molecular formula is C19H16N4O2S. The molecule has 0 saturated carbocycles. The predicted octanol–water partition coefficient (Wildman–Crippen LogP) is 3.09. The van der Waals surface area contributed by atoms with Gasteiger partial charge in [0.05, 0.1) is 15.2 Å². The van der Waals surface area contributed by atoms with E-state index in [1.54, 1.807) is 11.3 Å². The molecule has 3 aromatic rings. The molecule has 2 amide bonds. The Morgan fingerprint density at radius 3 is 2.65 bits per heavy atom. The highest BCUT2D eigenvalue weighted by atomic mass is 32.1. The fourth-order valence-corrected chi connectivity index (χ4v) is 3.72. The van der Waals surface area contributed by atoms with Gasteiger partial charge < -0.3 is 5.32 Å². The minimum absolute atomic E-state index is 0.166. The van der Waals surface area contributed by atoms with Crippen LogP contribution in [0.1, 0.15) is 23.4 Å². The van der Waals surface area contributed by atoms with Gasteiger partial charge in [-0.1, -0.05) is 24.3 Å². The van der Waals surface area contributed by atoms with Crippen molar-refractivity contribution in [2.24, 2.45) is 5.10 Å². The minimum atomic E-state index is -0.288. The standard InChI is InChI=1S/C19H16N4O2S/c24-17-10-9-15(22-23-17)19(25)20-13-7-5-12(6-8-13)11-18-21-14-3-1-2-4-16(14)26-18/h1-8H,9-11H2,(H,20,25)(H,23,24). The van der Waals surface area contributed by atoms with Gasteiger partial charge in [-0.15, -0.1) is 11.3 Å². The smallest absolute Gasteiger partial charge is 0.271 e. The zero-order valence-electron chi connectivity index (χ0n) is 13.9. The van der Waals surface area contributed by atoms with E-state index in [0.717, 1.165) is 22.5 Å². The second-order valence-electron chi connectivity index (χ2n) is 6.00. The van der Waals surface area contributed by atoms with Crippen molar-refractivity contribution in [1.82, 2.24) is 10.4 Å². The molecule has 0 saturated heterocycles. The Morgan fingerprint density at radius 2 is 1.92 bits per heavy atom. The van der Waals surface area contributed by atoms with Crippen molar-refractivity contribution in [2.75, 3.05) is 5.32 Å². The van der Waals surface area contributed by atoms with Gasteiger partial charge in [0.2, 0.25) is 5.91 Å². The summed E-state index contributed by atoms with van der Waals surface area (Å²) in [6.07, 6.45) is 1.40. The number of nitrogens with zero attached hydrogens (tertiary/aromatic N) is 2. The number of fused-ring (bicyclic) bond motifs is 1. The Morgan fingerprint density at radius 1 is 1.12 bits per heavy atom. The zero-order chi connectivity index (χ0) is 17.9. The number of hydrogen-bond acceptors (Lipinski definition) is 5. The molecule has 26 heavy (non-hydrogen) atoms. The molecule has 0 fully saturated rings. The van der Waals surface area contributed by atoms with Crippen LogP contribution in [0.3, 0.4) is 0 Å². The Labute approximate surface area is 154 Å². The average molecular weight is 364 g/mol. The van der Waals surface area contributed by atoms with E-state index in [0.29, 0.717) is 17.8 Å². The van der Waals surface area contributed by atoms with Gasteiger partial charge in [0.25, 0.3) is 5.91 Å². The molecule has 0 spiro atoms. The van der Waals surface area contributed by atoms with Crippen molar-refractivity contribution in [2.45, 2.75) is 19.3 Å². The lowest BCUT2D eigenvalue weighted by Gasteiger charge is -2.12. The third-order valence-corrected chi connectivity index (χ3v) is 5.11. The van der Waals surface area contributed by atoms with Crippen molar-refractivity contribution in [3.05, 3.63) is 59.1 Å². The van der Waals surface area contributed by atoms with Crippen molar-refractivity contribution in [3.8, 4) is 0 Å². The van der Waals surface area contributed by atoms with Gasteiger partial charge in [0.15, 0.2) is 0 Å². The summed E-state index contributed by atoms with van der Waals surface area (Å²) < 4.78 is 1.19. The molecule has 2 N–H and O–H groups in total. The van der Waals surface area contributed by atoms with Crippen molar-refractivity contribution in [1.29, 1.82) is 0 Å². The molecule has 0 unspecified atom stereocenters. The third kappa shape index (κ3) is 3.62. The number of hydrogen-bond donors (Lipinski definition) is 2. The summed E-state index contributed by atoms with van der Waals surface area (Å²) in [7, 11) is 0. The first-order valence-electron chi connectivity index (χ1n) is 8.27. The second-order valence-corrected chi connectivity index (χ2v) is 7.11. The van der Waals surface area contributed by atoms with Crippen LogP contribution in [0.2, 0.25) is 0 Å². The zero-order valence-corrected chi connectivity index (χ0v) is 14.7. The van der Waals surface area contributed by atoms with Gasteiger partial charge in [-0.25, -0.2) is 10.4 Å². The number of carbonyl (C=O) groups is 2. The van der Waals surface area contributed by atoms with Crippen LogP contribution in [-0.4, -0.2) is 22.5 Å². The largest absolute Gasteiger partial charge is 0.321 e. The molecule has 7 heteroatoms. The van der Waals surface area contributed by atoms with E-state index >= 15 is 0 Å². The van der Waals surface area contributed by atoms with Crippen LogP contribution in [0.5, 0.6) is 0 Å². The van der Waals surface area contributed by atoms with Gasteiger partial charge in [-0.2, -0.15) is 5.10 Å². The van der Waals surface area contributed by atoms with Crippen LogP contribution < -0.4 is 10.7 Å². The van der Waals surface area contributed by atoms with Gasteiger partial charge in [0, 0.05) is 24.9 Å². The molecule has 1 aliphatic rings. The van der Waals surface area contributed by atoms with Crippen LogP contribution in [0.25, 0.3) is 10.2 Å². The van der Waals surface area contributed by atoms with Gasteiger partial charge in [-0.05, 0) is 29.8 Å². The summed E-state index contributed by atoms with van der Waals surface area (Å²) in [5.41, 5.74) is 5.52. The topological polar surface area (TPSA) is 83.5 Å². The van der Waals surface area contributed by atoms with Gasteiger partial charge >= 0.3 is 0 Å². The normalized spacial score (nSPS) is 14.0. The van der Waals surface area contributed by atoms with Crippen LogP contribution in [-0.2, 0) is 16.0 Å². The van der Waals surface area contributed by atoms with Crippen LogP contribution in [0.4, 0.5) is 5.69 Å². The Bertz CT molecular complexity index is 975. The number of rotatable bonds is 4. The number of carbonyl (C=O) groups excluding carboxylic acids is 2. The van der Waals surface area contributed by atoms with Gasteiger partial charge in [0.1, 0.15) is 5.71 Å². The molecule has 0 atom stereocenters. The number of benzene rings is 2. The first-order chi connectivity index (χ1) is 12.7. The number of thiazole rings is 1. The number of hydrazone groups is 1. The fraction of sp³-hybridized carbons (Fsp3) is 0.158. The molecular weight excluding hydrogens is 348 g/mol. The quantitative estimate of drug-likeness (QED) is 0.746. The number of nitrogens with one attached hydrogen (secondary N) is 2. The molecule has 1 aromatic heterocycles. The van der Waals surface area contributed by atoms with E-state index in [-0.39, 0.29) is 18.2 Å². The highest BCUT2D eigenvalue weighted by Gasteiger charge is 2.18. The maximum atomic E-state index is 12.1. The first-order valence-corrected chi connectivity index (χ1v) is 9.09. The van der Waals surface area contributed by atoms with E-state index in [9.17, 15) is 9.59 Å². The number of amides is 2. The van der Waals surface area contributed by atoms with Crippen molar-refractivity contribution >= 4 is 44.8 Å². The van der Waals surface area contributed by atoms with Gasteiger partial charge in [-0.3, -0.25) is 9.59 Å². The molecule has 2 heterocycles. The van der Waals surface area contributed by atoms with Crippen LogP contribution >= 0.6 is 11.3 Å². The van der Waals surface area contributed by atoms with Crippen LogP contribution in [0.15, 0.2) is 53.6 Å². The summed E-state index contributed by atoms with van der Waals surface area (Å²) >= 11 is 1.69. The minimum Gasteiger partial charge on any atom is -0.321 e. The molecule has 2 aromatic carbocycles. The summed E-state index contributed by atoms with van der Waals surface area (Å²) in [6, 6.07) is 15.8. The lowest BCUT2D eigenvalue weighted by molar-refractivity contribution is -0.121. The maximum Gasteiger partial charge on any atom is 0.271 e. The highest BCUT2D eigenvalue weighted by molar-refractivity contribution is 7.18. The fourth-order valence-electron chi connectivity index (χ4n) is 2.72. The lowest BCUT2D eigenvalue weighted by Crippen LogP contribution is -2.32. The molecule has 0 bridgehead atoms. The summed E-state index contributed by atoms with van der Waals surface area (Å²) in [5.74, 6) is -0.454. The number of aromatic nitrogens is 1. The van der Waals surface area contributed by atoms with Crippen molar-refractivity contribution in [3.63, 3.8) is 0 Å². The second kappa shape index (κ2) is 7.05. The predicted molar refractivity (Wildman–Crippen MR) is 102 cm³/mol. The lowest BCUT2D eigenvalue weighted by atomic mass is 10.1. The van der Waals surface area contributed by atoms with E-state index in [4.69, 9.17) is 0 Å². The summed E-state index contributed by atoms with van der Waals surface area (Å²) in [4.78, 5) is 27.9. The molecule has 4 rings (SSSR count). The molecule has 1 aliphatic heterocycles. The van der Waals surface area contributed by atoms with E-state index < -0.39 is 0 Å². The summed E-state index contributed by atoms with van der Waals surface area (Å²) in [6.45, 7) is 0. The van der Waals surface area contributed by atoms with E-state index in [2.05, 4.69) is 26.9 Å². The molecule has 0 radical (unpaired) electrons. The maximum absolute atomic E-state index is 12.1. The van der Waals surface area contributed by atoms with Crippen LogP contribution in [0, 0.1) is 0 Å². The Balaban J connectivity index is 1.41. The monoisotopic (exact) mass is 364 g/mol. The highest BCUT2D eigenvalue weighted by Crippen LogP contribution is 2.24. The SMILES string of the molecule is O=C1CCC(C(=O)Nc2ccc(Cc3nc4ccccc4s3)cc2)=NN1. The molecule has 130 valence electrons. The van der Waals surface area contributed by atoms with E-state index in [1.165, 1.54) is 4.70 Å². The first kappa shape index (κ1) is 16.4. The van der Waals surface area contributed by atoms with E-state index in [1.807, 2.05) is 42.5 Å². The Kier molecular flexibility index (Phi) is 4.45. The number of para-hydroxylation sites is 1.